The Labute approximate surface area is 159 Å². The highest BCUT2D eigenvalue weighted by molar-refractivity contribution is 5.98. The minimum atomic E-state index is -0.644. The standard InChI is InChI=1S/C21H24N2O4/c1-15-11-18(16(2)23(15)9-10-25-3)12-19(13-22)21(24)27-14-17-5-7-20(26-4)8-6-17/h5-8,11-12H,9-10,14H2,1-4H3/b19-12+. The summed E-state index contributed by atoms with van der Waals surface area (Å²) in [6.45, 7) is 5.33. The van der Waals surface area contributed by atoms with Gasteiger partial charge in [0.05, 0.1) is 13.7 Å². The van der Waals surface area contributed by atoms with Gasteiger partial charge in [-0.3, -0.25) is 0 Å². The molecule has 1 aromatic carbocycles. The quantitative estimate of drug-likeness (QED) is 0.406. The predicted octanol–water partition coefficient (Wildman–Crippen LogP) is 3.41. The van der Waals surface area contributed by atoms with Crippen LogP contribution >= 0.6 is 0 Å². The molecule has 6 heteroatoms. The van der Waals surface area contributed by atoms with Gasteiger partial charge < -0.3 is 18.8 Å². The predicted molar refractivity (Wildman–Crippen MR) is 102 cm³/mol. The van der Waals surface area contributed by atoms with Gasteiger partial charge in [-0.05, 0) is 49.2 Å². The number of aromatic nitrogens is 1. The summed E-state index contributed by atoms with van der Waals surface area (Å²) in [5, 5.41) is 9.37. The van der Waals surface area contributed by atoms with Gasteiger partial charge in [-0.1, -0.05) is 12.1 Å². The van der Waals surface area contributed by atoms with E-state index in [2.05, 4.69) is 4.57 Å². The number of benzene rings is 1. The Morgan fingerprint density at radius 1 is 1.22 bits per heavy atom. The van der Waals surface area contributed by atoms with Crippen molar-refractivity contribution in [1.82, 2.24) is 4.57 Å². The minimum Gasteiger partial charge on any atom is -0.497 e. The zero-order valence-corrected chi connectivity index (χ0v) is 16.1. The van der Waals surface area contributed by atoms with E-state index in [0.717, 1.165) is 28.3 Å². The van der Waals surface area contributed by atoms with Crippen LogP contribution in [0.25, 0.3) is 6.08 Å². The monoisotopic (exact) mass is 368 g/mol. The maximum atomic E-state index is 12.3. The topological polar surface area (TPSA) is 73.5 Å². The van der Waals surface area contributed by atoms with E-state index >= 15 is 0 Å². The van der Waals surface area contributed by atoms with Gasteiger partial charge >= 0.3 is 5.97 Å². The molecule has 0 aliphatic rings. The van der Waals surface area contributed by atoms with Crippen molar-refractivity contribution in [3.63, 3.8) is 0 Å². The van der Waals surface area contributed by atoms with Crippen LogP contribution in [-0.2, 0) is 27.4 Å². The molecule has 0 atom stereocenters. The van der Waals surface area contributed by atoms with Gasteiger partial charge in [0, 0.05) is 25.0 Å². The smallest absolute Gasteiger partial charge is 0.349 e. The third-order valence-electron chi connectivity index (χ3n) is 4.30. The molecule has 2 rings (SSSR count). The van der Waals surface area contributed by atoms with Crippen LogP contribution in [0.2, 0.25) is 0 Å². The number of aryl methyl sites for hydroxylation is 1. The van der Waals surface area contributed by atoms with Crippen molar-refractivity contribution in [2.24, 2.45) is 0 Å². The van der Waals surface area contributed by atoms with Crippen molar-refractivity contribution >= 4 is 12.0 Å². The number of carbonyl (C=O) groups excluding carboxylic acids is 1. The Morgan fingerprint density at radius 3 is 2.52 bits per heavy atom. The molecule has 6 nitrogen and oxygen atoms in total. The molecule has 0 amide bonds. The van der Waals surface area contributed by atoms with E-state index in [1.807, 2.05) is 38.1 Å². The van der Waals surface area contributed by atoms with Crippen LogP contribution in [0.1, 0.15) is 22.5 Å². The number of rotatable bonds is 8. The van der Waals surface area contributed by atoms with Gasteiger partial charge in [-0.2, -0.15) is 5.26 Å². The van der Waals surface area contributed by atoms with Crippen LogP contribution in [0.5, 0.6) is 5.75 Å². The Morgan fingerprint density at radius 2 is 1.93 bits per heavy atom. The highest BCUT2D eigenvalue weighted by Crippen LogP contribution is 2.19. The number of hydrogen-bond acceptors (Lipinski definition) is 5. The number of nitrogens with zero attached hydrogens (tertiary/aromatic N) is 2. The fourth-order valence-electron chi connectivity index (χ4n) is 2.74. The maximum Gasteiger partial charge on any atom is 0.349 e. The molecule has 0 radical (unpaired) electrons. The van der Waals surface area contributed by atoms with Crippen molar-refractivity contribution in [2.75, 3.05) is 20.8 Å². The van der Waals surface area contributed by atoms with Gasteiger partial charge in [-0.15, -0.1) is 0 Å². The van der Waals surface area contributed by atoms with Crippen molar-refractivity contribution in [1.29, 1.82) is 5.26 Å². The molecule has 0 saturated heterocycles. The second kappa shape index (κ2) is 9.60. The third kappa shape index (κ3) is 5.22. The van der Waals surface area contributed by atoms with Crippen LogP contribution in [0.4, 0.5) is 0 Å². The number of hydrogen-bond donors (Lipinski definition) is 0. The molecule has 1 heterocycles. The third-order valence-corrected chi connectivity index (χ3v) is 4.30. The second-order valence-electron chi connectivity index (χ2n) is 6.06. The molecule has 0 aliphatic carbocycles. The molecule has 0 aliphatic heterocycles. The Bertz CT molecular complexity index is 858. The van der Waals surface area contributed by atoms with E-state index in [9.17, 15) is 10.1 Å². The molecule has 0 unspecified atom stereocenters. The first kappa shape index (κ1) is 20.3. The number of carbonyl (C=O) groups is 1. The van der Waals surface area contributed by atoms with E-state index < -0.39 is 5.97 Å². The zero-order valence-electron chi connectivity index (χ0n) is 16.1. The van der Waals surface area contributed by atoms with Gasteiger partial charge in [-0.25, -0.2) is 4.79 Å². The molecule has 0 saturated carbocycles. The lowest BCUT2D eigenvalue weighted by molar-refractivity contribution is -0.139. The summed E-state index contributed by atoms with van der Waals surface area (Å²) in [5.41, 5.74) is 3.62. The zero-order chi connectivity index (χ0) is 19.8. The lowest BCUT2D eigenvalue weighted by Gasteiger charge is -2.08. The number of ether oxygens (including phenoxy) is 3. The van der Waals surface area contributed by atoms with Crippen molar-refractivity contribution < 1.29 is 19.0 Å². The van der Waals surface area contributed by atoms with E-state index in [4.69, 9.17) is 14.2 Å². The largest absolute Gasteiger partial charge is 0.497 e. The van der Waals surface area contributed by atoms with Crippen LogP contribution in [0.3, 0.4) is 0 Å². The fourth-order valence-corrected chi connectivity index (χ4v) is 2.74. The molecule has 27 heavy (non-hydrogen) atoms. The summed E-state index contributed by atoms with van der Waals surface area (Å²) < 4.78 is 17.6. The van der Waals surface area contributed by atoms with Gasteiger partial charge in [0.2, 0.25) is 0 Å². The normalized spacial score (nSPS) is 11.1. The van der Waals surface area contributed by atoms with Crippen molar-refractivity contribution in [2.45, 2.75) is 27.0 Å². The number of methoxy groups -OCH3 is 2. The van der Waals surface area contributed by atoms with Crippen LogP contribution in [0, 0.1) is 25.2 Å². The second-order valence-corrected chi connectivity index (χ2v) is 6.06. The average Bonchev–Trinajstić information content (AvgIpc) is 2.95. The lowest BCUT2D eigenvalue weighted by Crippen LogP contribution is -2.08. The summed E-state index contributed by atoms with van der Waals surface area (Å²) in [7, 11) is 3.24. The van der Waals surface area contributed by atoms with Crippen molar-refractivity contribution in [3.05, 3.63) is 58.4 Å². The highest BCUT2D eigenvalue weighted by atomic mass is 16.5. The van der Waals surface area contributed by atoms with Crippen LogP contribution < -0.4 is 4.74 Å². The average molecular weight is 368 g/mol. The molecular weight excluding hydrogens is 344 g/mol. The van der Waals surface area contributed by atoms with Gasteiger partial charge in [0.25, 0.3) is 0 Å². The van der Waals surface area contributed by atoms with E-state index in [1.165, 1.54) is 0 Å². The maximum absolute atomic E-state index is 12.3. The minimum absolute atomic E-state index is 0.0319. The Balaban J connectivity index is 2.10. The molecule has 0 N–H and O–H groups in total. The van der Waals surface area contributed by atoms with E-state index in [-0.39, 0.29) is 12.2 Å². The first-order valence-electron chi connectivity index (χ1n) is 8.57. The summed E-state index contributed by atoms with van der Waals surface area (Å²) in [5.74, 6) is 0.0847. The molecular formula is C21H24N2O4. The van der Waals surface area contributed by atoms with Crippen molar-refractivity contribution in [3.8, 4) is 11.8 Å². The molecule has 0 fully saturated rings. The first-order valence-corrected chi connectivity index (χ1v) is 8.57. The molecule has 2 aromatic rings. The fraction of sp³-hybridized carbons (Fsp3) is 0.333. The van der Waals surface area contributed by atoms with Crippen LogP contribution in [-0.4, -0.2) is 31.4 Å². The molecule has 1 aromatic heterocycles. The summed E-state index contributed by atoms with van der Waals surface area (Å²) >= 11 is 0. The molecule has 0 spiro atoms. The summed E-state index contributed by atoms with van der Waals surface area (Å²) in [4.78, 5) is 12.3. The summed E-state index contributed by atoms with van der Waals surface area (Å²) in [6.07, 6.45) is 1.57. The first-order chi connectivity index (χ1) is 13.0. The Kier molecular flexibility index (Phi) is 7.21. The number of nitriles is 1. The molecule has 142 valence electrons. The van der Waals surface area contributed by atoms with E-state index in [0.29, 0.717) is 13.2 Å². The number of esters is 1. The molecule has 0 bridgehead atoms. The summed E-state index contributed by atoms with van der Waals surface area (Å²) in [6, 6.07) is 11.1. The highest BCUT2D eigenvalue weighted by Gasteiger charge is 2.14. The Hall–Kier alpha value is -3.04. The lowest BCUT2D eigenvalue weighted by atomic mass is 10.1. The SMILES string of the molecule is COCCn1c(C)cc(/C=C(\C#N)C(=O)OCc2ccc(OC)cc2)c1C. The van der Waals surface area contributed by atoms with Gasteiger partial charge in [0.15, 0.2) is 0 Å². The van der Waals surface area contributed by atoms with Crippen LogP contribution in [0.15, 0.2) is 35.9 Å². The van der Waals surface area contributed by atoms with Gasteiger partial charge in [0.1, 0.15) is 24.0 Å². The van der Waals surface area contributed by atoms with E-state index in [1.54, 1.807) is 32.4 Å².